The molecule has 0 spiro atoms. The second-order valence-electron chi connectivity index (χ2n) is 6.52. The van der Waals surface area contributed by atoms with Gasteiger partial charge in [-0.05, 0) is 24.0 Å². The lowest BCUT2D eigenvalue weighted by atomic mass is 9.79. The average Bonchev–Trinajstić information content (AvgIpc) is 2.50. The number of hydrogen-bond acceptors (Lipinski definition) is 4. The molecule has 1 atom stereocenters. The van der Waals surface area contributed by atoms with Crippen molar-refractivity contribution in [1.82, 2.24) is 14.3 Å². The number of pyridine rings is 1. The zero-order valence-corrected chi connectivity index (χ0v) is 14.0. The fraction of sp³-hybridized carbons (Fsp3) is 0.438. The van der Waals surface area contributed by atoms with E-state index in [0.29, 0.717) is 18.7 Å². The van der Waals surface area contributed by atoms with E-state index >= 15 is 0 Å². The lowest BCUT2D eigenvalue weighted by Gasteiger charge is -2.42. The van der Waals surface area contributed by atoms with Gasteiger partial charge in [0.1, 0.15) is 11.2 Å². The van der Waals surface area contributed by atoms with Crippen LogP contribution >= 0.6 is 12.4 Å². The summed E-state index contributed by atoms with van der Waals surface area (Å²) >= 11 is 0. The van der Waals surface area contributed by atoms with Crippen LogP contribution in [0.25, 0.3) is 5.65 Å². The normalized spacial score (nSPS) is 20.1. The molecule has 3 rings (SSSR count). The molecule has 23 heavy (non-hydrogen) atoms. The number of hydrogen-bond donors (Lipinski definition) is 1. The Morgan fingerprint density at radius 3 is 2.83 bits per heavy atom. The number of carbonyl (C=O) groups excluding carboxylic acids is 1. The molecular weight excluding hydrogens is 316 g/mol. The van der Waals surface area contributed by atoms with Gasteiger partial charge >= 0.3 is 0 Å². The summed E-state index contributed by atoms with van der Waals surface area (Å²) in [5, 5.41) is 0. The van der Waals surface area contributed by atoms with Crippen molar-refractivity contribution in [2.75, 3.05) is 13.1 Å². The number of carbonyl (C=O) groups is 1. The molecule has 3 heterocycles. The number of nitrogens with two attached hydrogens (primary N) is 1. The quantitative estimate of drug-likeness (QED) is 0.851. The largest absolute Gasteiger partial charge is 0.338 e. The Morgan fingerprint density at radius 1 is 1.39 bits per heavy atom. The van der Waals surface area contributed by atoms with Crippen LogP contribution in [0, 0.1) is 5.41 Å². The van der Waals surface area contributed by atoms with Gasteiger partial charge in [-0.25, -0.2) is 4.98 Å². The van der Waals surface area contributed by atoms with E-state index in [1.807, 2.05) is 13.8 Å². The van der Waals surface area contributed by atoms with Crippen LogP contribution in [0.3, 0.4) is 0 Å². The number of nitrogens with zero attached hydrogens (tertiary/aromatic N) is 3. The SMILES string of the molecule is CC1(C)CN(C(=O)c2cnc3ccccn3c2=O)CCC1N.Cl. The molecule has 124 valence electrons. The minimum atomic E-state index is -0.330. The second-order valence-corrected chi connectivity index (χ2v) is 6.52. The van der Waals surface area contributed by atoms with Crippen LogP contribution in [-0.4, -0.2) is 39.3 Å². The highest BCUT2D eigenvalue weighted by Crippen LogP contribution is 2.28. The van der Waals surface area contributed by atoms with Crippen molar-refractivity contribution >= 4 is 24.0 Å². The van der Waals surface area contributed by atoms with Crippen LogP contribution in [0.1, 0.15) is 30.6 Å². The molecule has 1 saturated heterocycles. The first-order chi connectivity index (χ1) is 10.4. The summed E-state index contributed by atoms with van der Waals surface area (Å²) in [6, 6.07) is 5.34. The van der Waals surface area contributed by atoms with Gasteiger partial charge in [0.25, 0.3) is 11.5 Å². The minimum absolute atomic E-state index is 0. The Kier molecular flexibility index (Phi) is 4.77. The van der Waals surface area contributed by atoms with Crippen molar-refractivity contribution in [3.63, 3.8) is 0 Å². The van der Waals surface area contributed by atoms with E-state index in [-0.39, 0.29) is 40.9 Å². The van der Waals surface area contributed by atoms with Gasteiger partial charge in [0.15, 0.2) is 0 Å². The number of piperidine rings is 1. The monoisotopic (exact) mass is 336 g/mol. The molecule has 1 amide bonds. The predicted octanol–water partition coefficient (Wildman–Crippen LogP) is 1.32. The highest BCUT2D eigenvalue weighted by Gasteiger charge is 2.36. The smallest absolute Gasteiger partial charge is 0.270 e. The van der Waals surface area contributed by atoms with Crippen molar-refractivity contribution in [3.8, 4) is 0 Å². The predicted molar refractivity (Wildman–Crippen MR) is 91.0 cm³/mol. The summed E-state index contributed by atoms with van der Waals surface area (Å²) < 4.78 is 1.40. The molecule has 0 aliphatic carbocycles. The molecule has 2 aromatic rings. The van der Waals surface area contributed by atoms with E-state index < -0.39 is 0 Å². The van der Waals surface area contributed by atoms with Gasteiger partial charge < -0.3 is 10.6 Å². The maximum Gasteiger partial charge on any atom is 0.270 e. The molecule has 1 fully saturated rings. The van der Waals surface area contributed by atoms with E-state index in [9.17, 15) is 9.59 Å². The molecule has 1 aliphatic heterocycles. The van der Waals surface area contributed by atoms with Gasteiger partial charge in [0, 0.05) is 31.5 Å². The van der Waals surface area contributed by atoms with Gasteiger partial charge in [-0.1, -0.05) is 19.9 Å². The first-order valence-electron chi connectivity index (χ1n) is 7.41. The Bertz CT molecular complexity index is 787. The number of fused-ring (bicyclic) bond motifs is 1. The highest BCUT2D eigenvalue weighted by molar-refractivity contribution is 5.93. The summed E-state index contributed by atoms with van der Waals surface area (Å²) in [7, 11) is 0. The standard InChI is InChI=1S/C16H20N4O2.ClH/c1-16(2)10-19(8-6-12(16)17)14(21)11-9-18-13-5-3-4-7-20(13)15(11)22;/h3-5,7,9,12H,6,8,10,17H2,1-2H3;1H. The summed E-state index contributed by atoms with van der Waals surface area (Å²) in [4.78, 5) is 31.1. The minimum Gasteiger partial charge on any atom is -0.338 e. The van der Waals surface area contributed by atoms with Gasteiger partial charge in [0.2, 0.25) is 0 Å². The average molecular weight is 337 g/mol. The third-order valence-electron chi connectivity index (χ3n) is 4.44. The van der Waals surface area contributed by atoms with Crippen LogP contribution in [0.5, 0.6) is 0 Å². The number of likely N-dealkylation sites (tertiary alicyclic amines) is 1. The molecule has 1 unspecified atom stereocenters. The van der Waals surface area contributed by atoms with Crippen molar-refractivity contribution < 1.29 is 4.79 Å². The Morgan fingerprint density at radius 2 is 2.13 bits per heavy atom. The lowest BCUT2D eigenvalue weighted by Crippen LogP contribution is -2.54. The summed E-state index contributed by atoms with van der Waals surface area (Å²) in [6.45, 7) is 5.20. The Balaban J connectivity index is 0.00000192. The molecule has 0 bridgehead atoms. The Hall–Kier alpha value is -1.92. The van der Waals surface area contributed by atoms with Crippen molar-refractivity contribution in [2.24, 2.45) is 11.1 Å². The maximum absolute atomic E-state index is 12.7. The first kappa shape index (κ1) is 17.4. The van der Waals surface area contributed by atoms with Crippen LogP contribution in [0.2, 0.25) is 0 Å². The molecule has 7 heteroatoms. The molecule has 0 radical (unpaired) electrons. The van der Waals surface area contributed by atoms with Crippen LogP contribution in [-0.2, 0) is 0 Å². The fourth-order valence-electron chi connectivity index (χ4n) is 2.89. The molecule has 0 aromatic carbocycles. The number of halogens is 1. The molecule has 2 N–H and O–H groups in total. The third-order valence-corrected chi connectivity index (χ3v) is 4.44. The van der Waals surface area contributed by atoms with E-state index in [2.05, 4.69) is 4.98 Å². The van der Waals surface area contributed by atoms with Crippen molar-refractivity contribution in [2.45, 2.75) is 26.3 Å². The van der Waals surface area contributed by atoms with Gasteiger partial charge in [-0.3, -0.25) is 14.0 Å². The van der Waals surface area contributed by atoms with Crippen molar-refractivity contribution in [1.29, 1.82) is 0 Å². The topological polar surface area (TPSA) is 80.7 Å². The van der Waals surface area contributed by atoms with E-state index in [0.717, 1.165) is 6.42 Å². The second kappa shape index (κ2) is 6.29. The summed E-state index contributed by atoms with van der Waals surface area (Å²) in [6.07, 6.45) is 3.74. The molecule has 2 aromatic heterocycles. The van der Waals surface area contributed by atoms with E-state index in [4.69, 9.17) is 5.73 Å². The maximum atomic E-state index is 12.7. The fourth-order valence-corrected chi connectivity index (χ4v) is 2.89. The number of rotatable bonds is 1. The van der Waals surface area contributed by atoms with Crippen LogP contribution in [0.15, 0.2) is 35.4 Å². The Labute approximate surface area is 140 Å². The van der Waals surface area contributed by atoms with Gasteiger partial charge in [-0.2, -0.15) is 0 Å². The molecular formula is C16H21ClN4O2. The van der Waals surface area contributed by atoms with Crippen LogP contribution < -0.4 is 11.3 Å². The molecule has 6 nitrogen and oxygen atoms in total. The third kappa shape index (κ3) is 3.09. The number of amides is 1. The number of aromatic nitrogens is 2. The summed E-state index contributed by atoms with van der Waals surface area (Å²) in [5.74, 6) is -0.268. The zero-order chi connectivity index (χ0) is 15.9. The van der Waals surface area contributed by atoms with Gasteiger partial charge in [-0.15, -0.1) is 12.4 Å². The lowest BCUT2D eigenvalue weighted by molar-refractivity contribution is 0.0530. The highest BCUT2D eigenvalue weighted by atomic mass is 35.5. The zero-order valence-electron chi connectivity index (χ0n) is 13.2. The van der Waals surface area contributed by atoms with E-state index in [1.54, 1.807) is 29.3 Å². The van der Waals surface area contributed by atoms with Crippen LogP contribution in [0.4, 0.5) is 0 Å². The van der Waals surface area contributed by atoms with Gasteiger partial charge in [0.05, 0.1) is 0 Å². The van der Waals surface area contributed by atoms with Crippen molar-refractivity contribution in [3.05, 3.63) is 46.5 Å². The molecule has 1 aliphatic rings. The molecule has 0 saturated carbocycles. The first-order valence-corrected chi connectivity index (χ1v) is 7.41. The van der Waals surface area contributed by atoms with E-state index in [1.165, 1.54) is 10.6 Å². The summed E-state index contributed by atoms with van der Waals surface area (Å²) in [5.41, 5.74) is 6.25.